The van der Waals surface area contributed by atoms with E-state index in [4.69, 9.17) is 5.73 Å². The lowest BCUT2D eigenvalue weighted by Crippen LogP contribution is -2.15. The molecule has 2 N–H and O–H groups in total. The normalized spacial score (nSPS) is 14.3. The van der Waals surface area contributed by atoms with E-state index >= 15 is 0 Å². The Morgan fingerprint density at radius 1 is 0.667 bits per heavy atom. The van der Waals surface area contributed by atoms with Gasteiger partial charge in [-0.2, -0.15) is 0 Å². The van der Waals surface area contributed by atoms with Gasteiger partial charge in [-0.3, -0.25) is 0 Å². The Morgan fingerprint density at radius 3 is 1.52 bits per heavy atom. The van der Waals surface area contributed by atoms with Crippen LogP contribution in [0.15, 0.2) is 0 Å². The van der Waals surface area contributed by atoms with Crippen LogP contribution in [0.2, 0.25) is 0 Å². The van der Waals surface area contributed by atoms with Gasteiger partial charge in [0.1, 0.15) is 0 Å². The molecule has 0 aliphatic heterocycles. The second kappa shape index (κ2) is 16.3. The number of hydrogen-bond donors (Lipinski definition) is 1. The predicted octanol–water partition coefficient (Wildman–Crippen LogP) is 6.70. The van der Waals surface area contributed by atoms with Crippen molar-refractivity contribution < 1.29 is 0 Å². The molecule has 128 valence electrons. The van der Waals surface area contributed by atoms with E-state index in [9.17, 15) is 0 Å². The van der Waals surface area contributed by atoms with Crippen molar-refractivity contribution in [2.24, 2.45) is 17.6 Å². The Balaban J connectivity index is 3.75. The fourth-order valence-electron chi connectivity index (χ4n) is 3.30. The highest BCUT2D eigenvalue weighted by molar-refractivity contribution is 4.65. The van der Waals surface area contributed by atoms with Crippen molar-refractivity contribution in [2.45, 2.75) is 111 Å². The third kappa shape index (κ3) is 14.7. The van der Waals surface area contributed by atoms with Gasteiger partial charge in [0.05, 0.1) is 0 Å². The molecule has 0 rings (SSSR count). The summed E-state index contributed by atoms with van der Waals surface area (Å²) in [5, 5.41) is 0. The molecule has 0 aromatic heterocycles. The Bertz CT molecular complexity index is 190. The number of unbranched alkanes of at least 4 members (excludes halogenated alkanes) is 9. The van der Waals surface area contributed by atoms with Crippen molar-refractivity contribution in [1.29, 1.82) is 0 Å². The molecule has 0 saturated heterocycles. The zero-order valence-electron chi connectivity index (χ0n) is 15.3. The first kappa shape index (κ1) is 21.0. The standard InChI is InChI=1S/C20H43N/c1-4-6-8-10-12-14-16-20(17-19(3)18-21)15-13-11-9-7-5-2/h19-20H,4-18,21H2,1-3H3/t19?,20-/m0/s1. The van der Waals surface area contributed by atoms with E-state index in [0.717, 1.165) is 12.5 Å². The molecule has 0 bridgehead atoms. The second-order valence-corrected chi connectivity index (χ2v) is 7.20. The quantitative estimate of drug-likeness (QED) is 0.315. The Morgan fingerprint density at radius 2 is 1.10 bits per heavy atom. The highest BCUT2D eigenvalue weighted by Crippen LogP contribution is 2.25. The van der Waals surface area contributed by atoms with Crippen LogP contribution in [0.3, 0.4) is 0 Å². The maximum atomic E-state index is 5.82. The fraction of sp³-hybridized carbons (Fsp3) is 1.00. The molecule has 0 fully saturated rings. The van der Waals surface area contributed by atoms with Crippen molar-refractivity contribution in [3.05, 3.63) is 0 Å². The van der Waals surface area contributed by atoms with E-state index in [2.05, 4.69) is 20.8 Å². The summed E-state index contributed by atoms with van der Waals surface area (Å²) in [4.78, 5) is 0. The van der Waals surface area contributed by atoms with Gasteiger partial charge in [0.15, 0.2) is 0 Å². The smallest absolute Gasteiger partial charge is 0.00514 e. The first-order chi connectivity index (χ1) is 10.2. The average molecular weight is 298 g/mol. The Hall–Kier alpha value is -0.0400. The molecule has 1 nitrogen and oxygen atoms in total. The summed E-state index contributed by atoms with van der Waals surface area (Å²) in [7, 11) is 0. The number of nitrogens with two attached hydrogens (primary N) is 1. The highest BCUT2D eigenvalue weighted by atomic mass is 14.5. The van der Waals surface area contributed by atoms with Gasteiger partial charge in [-0.15, -0.1) is 0 Å². The van der Waals surface area contributed by atoms with Crippen molar-refractivity contribution in [3.8, 4) is 0 Å². The lowest BCUT2D eigenvalue weighted by atomic mass is 9.87. The summed E-state index contributed by atoms with van der Waals surface area (Å²) in [6.45, 7) is 7.78. The second-order valence-electron chi connectivity index (χ2n) is 7.20. The van der Waals surface area contributed by atoms with Gasteiger partial charge in [0, 0.05) is 0 Å². The minimum absolute atomic E-state index is 0.714. The molecule has 0 aliphatic rings. The molecule has 0 radical (unpaired) electrons. The molecule has 1 unspecified atom stereocenters. The van der Waals surface area contributed by atoms with Crippen molar-refractivity contribution in [3.63, 3.8) is 0 Å². The van der Waals surface area contributed by atoms with Crippen molar-refractivity contribution in [1.82, 2.24) is 0 Å². The van der Waals surface area contributed by atoms with Gasteiger partial charge >= 0.3 is 0 Å². The summed E-state index contributed by atoms with van der Waals surface area (Å²) in [6.07, 6.45) is 19.9. The van der Waals surface area contributed by atoms with Crippen molar-refractivity contribution >= 4 is 0 Å². The molecule has 0 spiro atoms. The van der Waals surface area contributed by atoms with Crippen LogP contribution in [0.5, 0.6) is 0 Å². The first-order valence-corrected chi connectivity index (χ1v) is 9.94. The third-order valence-electron chi connectivity index (χ3n) is 4.82. The summed E-state index contributed by atoms with van der Waals surface area (Å²) in [5.74, 6) is 1.65. The summed E-state index contributed by atoms with van der Waals surface area (Å²) >= 11 is 0. The predicted molar refractivity (Wildman–Crippen MR) is 97.7 cm³/mol. The minimum Gasteiger partial charge on any atom is -0.330 e. The van der Waals surface area contributed by atoms with E-state index in [1.807, 2.05) is 0 Å². The van der Waals surface area contributed by atoms with E-state index < -0.39 is 0 Å². The molecule has 1 heteroatoms. The maximum Gasteiger partial charge on any atom is -0.00514 e. The molecule has 2 atom stereocenters. The van der Waals surface area contributed by atoms with Crippen LogP contribution in [-0.2, 0) is 0 Å². The monoisotopic (exact) mass is 297 g/mol. The molecule has 0 aromatic carbocycles. The molecule has 21 heavy (non-hydrogen) atoms. The van der Waals surface area contributed by atoms with Crippen LogP contribution < -0.4 is 5.73 Å². The van der Waals surface area contributed by atoms with Gasteiger partial charge in [0.25, 0.3) is 0 Å². The van der Waals surface area contributed by atoms with Gasteiger partial charge < -0.3 is 5.73 Å². The van der Waals surface area contributed by atoms with Crippen LogP contribution >= 0.6 is 0 Å². The summed E-state index contributed by atoms with van der Waals surface area (Å²) in [6, 6.07) is 0. The van der Waals surface area contributed by atoms with Crippen LogP contribution in [0.1, 0.15) is 111 Å². The lowest BCUT2D eigenvalue weighted by molar-refractivity contribution is 0.331. The largest absolute Gasteiger partial charge is 0.330 e. The lowest BCUT2D eigenvalue weighted by Gasteiger charge is -2.20. The van der Waals surface area contributed by atoms with E-state index in [-0.39, 0.29) is 0 Å². The summed E-state index contributed by atoms with van der Waals surface area (Å²) < 4.78 is 0. The summed E-state index contributed by atoms with van der Waals surface area (Å²) in [5.41, 5.74) is 5.82. The molecular weight excluding hydrogens is 254 g/mol. The van der Waals surface area contributed by atoms with Gasteiger partial charge in [-0.05, 0) is 24.8 Å². The number of rotatable bonds is 16. The highest BCUT2D eigenvalue weighted by Gasteiger charge is 2.12. The van der Waals surface area contributed by atoms with E-state index in [1.165, 1.54) is 89.9 Å². The minimum atomic E-state index is 0.714. The van der Waals surface area contributed by atoms with Gasteiger partial charge in [0.2, 0.25) is 0 Å². The zero-order valence-corrected chi connectivity index (χ0v) is 15.3. The molecule has 0 aromatic rings. The Kier molecular flexibility index (Phi) is 16.3. The Labute approximate surface area is 135 Å². The first-order valence-electron chi connectivity index (χ1n) is 9.94. The van der Waals surface area contributed by atoms with E-state index in [0.29, 0.717) is 5.92 Å². The van der Waals surface area contributed by atoms with Crippen molar-refractivity contribution in [2.75, 3.05) is 6.54 Å². The molecule has 0 saturated carbocycles. The zero-order chi connectivity index (χ0) is 15.8. The SMILES string of the molecule is CCCCCCCC[C@H](CCCCCCC)CC(C)CN. The average Bonchev–Trinajstić information content (AvgIpc) is 2.49. The molecule has 0 aliphatic carbocycles. The number of hydrogen-bond acceptors (Lipinski definition) is 1. The van der Waals surface area contributed by atoms with Crippen LogP contribution in [-0.4, -0.2) is 6.54 Å². The van der Waals surface area contributed by atoms with Gasteiger partial charge in [-0.25, -0.2) is 0 Å². The third-order valence-corrected chi connectivity index (χ3v) is 4.82. The van der Waals surface area contributed by atoms with Crippen LogP contribution in [0, 0.1) is 11.8 Å². The van der Waals surface area contributed by atoms with E-state index in [1.54, 1.807) is 0 Å². The molecule has 0 heterocycles. The van der Waals surface area contributed by atoms with Gasteiger partial charge in [-0.1, -0.05) is 104 Å². The van der Waals surface area contributed by atoms with Crippen LogP contribution in [0.25, 0.3) is 0 Å². The molecule has 0 amide bonds. The maximum absolute atomic E-state index is 5.82. The molecular formula is C20H43N. The van der Waals surface area contributed by atoms with Crippen LogP contribution in [0.4, 0.5) is 0 Å². The fourth-order valence-corrected chi connectivity index (χ4v) is 3.30. The topological polar surface area (TPSA) is 26.0 Å².